The molecule has 1 aliphatic rings. The Kier molecular flexibility index (Phi) is 3.33. The standard InChI is InChI=1S/C13H19NOS/c1-4-9-5-6-11-10(7-9)8-12(16-11)13(15)14(2)3/h8-9H,4-7H2,1-3H3/t9-/m1/s1. The van der Waals surface area contributed by atoms with E-state index in [1.54, 1.807) is 16.2 Å². The van der Waals surface area contributed by atoms with E-state index in [-0.39, 0.29) is 5.91 Å². The van der Waals surface area contributed by atoms with Gasteiger partial charge < -0.3 is 4.90 Å². The van der Waals surface area contributed by atoms with Crippen molar-refractivity contribution in [3.05, 3.63) is 21.4 Å². The van der Waals surface area contributed by atoms with Crippen LogP contribution in [0.2, 0.25) is 0 Å². The lowest BCUT2D eigenvalue weighted by molar-refractivity contribution is 0.0832. The number of aryl methyl sites for hydroxylation is 1. The van der Waals surface area contributed by atoms with Crippen LogP contribution in [0.5, 0.6) is 0 Å². The Bertz CT molecular complexity index is 395. The van der Waals surface area contributed by atoms with E-state index in [9.17, 15) is 4.79 Å². The van der Waals surface area contributed by atoms with E-state index in [1.165, 1.54) is 36.1 Å². The first kappa shape index (κ1) is 11.6. The number of amides is 1. The Morgan fingerprint density at radius 1 is 1.56 bits per heavy atom. The van der Waals surface area contributed by atoms with Crippen LogP contribution in [-0.4, -0.2) is 24.9 Å². The first-order valence-corrected chi connectivity index (χ1v) is 6.76. The fraction of sp³-hybridized carbons (Fsp3) is 0.615. The molecule has 0 N–H and O–H groups in total. The van der Waals surface area contributed by atoms with Gasteiger partial charge in [0.15, 0.2) is 0 Å². The van der Waals surface area contributed by atoms with Gasteiger partial charge in [0.1, 0.15) is 0 Å². The van der Waals surface area contributed by atoms with Gasteiger partial charge in [-0.3, -0.25) is 4.79 Å². The maximum atomic E-state index is 11.8. The number of thiophene rings is 1. The fourth-order valence-corrected chi connectivity index (χ4v) is 3.50. The lowest BCUT2D eigenvalue weighted by Gasteiger charge is -2.19. The van der Waals surface area contributed by atoms with Gasteiger partial charge in [-0.25, -0.2) is 0 Å². The van der Waals surface area contributed by atoms with Crippen LogP contribution in [-0.2, 0) is 12.8 Å². The summed E-state index contributed by atoms with van der Waals surface area (Å²) in [6, 6.07) is 2.12. The Morgan fingerprint density at radius 2 is 2.31 bits per heavy atom. The lowest BCUT2D eigenvalue weighted by Crippen LogP contribution is -2.20. The lowest BCUT2D eigenvalue weighted by atomic mass is 9.87. The normalized spacial score (nSPS) is 19.3. The third-order valence-corrected chi connectivity index (χ3v) is 4.60. The second kappa shape index (κ2) is 4.58. The van der Waals surface area contributed by atoms with Crippen molar-refractivity contribution in [2.45, 2.75) is 32.6 Å². The van der Waals surface area contributed by atoms with Gasteiger partial charge in [0, 0.05) is 19.0 Å². The van der Waals surface area contributed by atoms with Gasteiger partial charge in [-0.15, -0.1) is 11.3 Å². The van der Waals surface area contributed by atoms with Crippen LogP contribution in [0.4, 0.5) is 0 Å². The zero-order valence-electron chi connectivity index (χ0n) is 10.2. The highest BCUT2D eigenvalue weighted by atomic mass is 32.1. The molecule has 0 saturated carbocycles. The molecule has 2 rings (SSSR count). The highest BCUT2D eigenvalue weighted by molar-refractivity contribution is 7.14. The molecule has 0 unspecified atom stereocenters. The van der Waals surface area contributed by atoms with Crippen molar-refractivity contribution in [2.24, 2.45) is 5.92 Å². The first-order valence-electron chi connectivity index (χ1n) is 5.95. The fourth-order valence-electron chi connectivity index (χ4n) is 2.27. The molecule has 0 spiro atoms. The SMILES string of the molecule is CC[C@@H]1CCc2sc(C(=O)N(C)C)cc2C1. The highest BCUT2D eigenvalue weighted by Crippen LogP contribution is 2.33. The number of hydrogen-bond donors (Lipinski definition) is 0. The van der Waals surface area contributed by atoms with Gasteiger partial charge in [0.2, 0.25) is 0 Å². The Hall–Kier alpha value is -0.830. The minimum absolute atomic E-state index is 0.146. The van der Waals surface area contributed by atoms with Crippen LogP contribution >= 0.6 is 11.3 Å². The zero-order valence-corrected chi connectivity index (χ0v) is 11.1. The maximum absolute atomic E-state index is 11.8. The minimum atomic E-state index is 0.146. The average molecular weight is 237 g/mol. The van der Waals surface area contributed by atoms with E-state index in [1.807, 2.05) is 14.1 Å². The summed E-state index contributed by atoms with van der Waals surface area (Å²) in [5.74, 6) is 0.969. The van der Waals surface area contributed by atoms with Crippen LogP contribution in [0.25, 0.3) is 0 Å². The summed E-state index contributed by atoms with van der Waals surface area (Å²) in [6.45, 7) is 2.26. The highest BCUT2D eigenvalue weighted by Gasteiger charge is 2.22. The number of fused-ring (bicyclic) bond motifs is 1. The summed E-state index contributed by atoms with van der Waals surface area (Å²) in [7, 11) is 3.63. The Labute approximate surface area is 101 Å². The van der Waals surface area contributed by atoms with Gasteiger partial charge in [-0.05, 0) is 36.8 Å². The third-order valence-electron chi connectivity index (χ3n) is 3.38. The van der Waals surface area contributed by atoms with E-state index in [0.29, 0.717) is 0 Å². The largest absolute Gasteiger partial charge is 0.344 e. The first-order chi connectivity index (χ1) is 7.61. The Morgan fingerprint density at radius 3 is 2.94 bits per heavy atom. The van der Waals surface area contributed by atoms with Gasteiger partial charge in [0.25, 0.3) is 5.91 Å². The molecule has 1 atom stereocenters. The molecule has 0 aromatic carbocycles. The topological polar surface area (TPSA) is 20.3 Å². The molecule has 1 aromatic rings. The van der Waals surface area contributed by atoms with Gasteiger partial charge in [-0.1, -0.05) is 13.3 Å². The molecule has 16 heavy (non-hydrogen) atoms. The molecule has 2 nitrogen and oxygen atoms in total. The summed E-state index contributed by atoms with van der Waals surface area (Å²) in [6.07, 6.45) is 4.88. The smallest absolute Gasteiger partial charge is 0.263 e. The molecule has 0 aliphatic heterocycles. The number of rotatable bonds is 2. The van der Waals surface area contributed by atoms with Crippen molar-refractivity contribution >= 4 is 17.2 Å². The van der Waals surface area contributed by atoms with Gasteiger partial charge in [0.05, 0.1) is 4.88 Å². The predicted molar refractivity (Wildman–Crippen MR) is 68.1 cm³/mol. The Balaban J connectivity index is 2.21. The number of nitrogens with zero attached hydrogens (tertiary/aromatic N) is 1. The molecule has 0 saturated heterocycles. The van der Waals surface area contributed by atoms with Crippen molar-refractivity contribution in [3.8, 4) is 0 Å². The van der Waals surface area contributed by atoms with Crippen molar-refractivity contribution in [3.63, 3.8) is 0 Å². The molecule has 0 fully saturated rings. The quantitative estimate of drug-likeness (QED) is 0.774. The van der Waals surface area contributed by atoms with E-state index in [4.69, 9.17) is 0 Å². The zero-order chi connectivity index (χ0) is 11.7. The molecule has 0 bridgehead atoms. The molecule has 88 valence electrons. The van der Waals surface area contributed by atoms with E-state index in [0.717, 1.165) is 10.8 Å². The molecule has 3 heteroatoms. The summed E-state index contributed by atoms with van der Waals surface area (Å²) in [5.41, 5.74) is 1.42. The second-order valence-electron chi connectivity index (χ2n) is 4.78. The van der Waals surface area contributed by atoms with Crippen LogP contribution in [0, 0.1) is 5.92 Å². The summed E-state index contributed by atoms with van der Waals surface area (Å²) in [5, 5.41) is 0. The van der Waals surface area contributed by atoms with Crippen molar-refractivity contribution in [2.75, 3.05) is 14.1 Å². The van der Waals surface area contributed by atoms with E-state index >= 15 is 0 Å². The molecule has 1 aliphatic carbocycles. The van der Waals surface area contributed by atoms with Gasteiger partial charge in [-0.2, -0.15) is 0 Å². The molecule has 1 aromatic heterocycles. The van der Waals surface area contributed by atoms with Crippen molar-refractivity contribution in [1.29, 1.82) is 0 Å². The molecule has 0 radical (unpaired) electrons. The molecular formula is C13H19NOS. The number of carbonyl (C=O) groups excluding carboxylic acids is 1. The number of carbonyl (C=O) groups is 1. The molecular weight excluding hydrogens is 218 g/mol. The monoisotopic (exact) mass is 237 g/mol. The second-order valence-corrected chi connectivity index (χ2v) is 5.91. The van der Waals surface area contributed by atoms with Crippen LogP contribution in [0.3, 0.4) is 0 Å². The van der Waals surface area contributed by atoms with E-state index in [2.05, 4.69) is 13.0 Å². The predicted octanol–water partition coefficient (Wildman–Crippen LogP) is 2.96. The maximum Gasteiger partial charge on any atom is 0.263 e. The van der Waals surface area contributed by atoms with Crippen LogP contribution < -0.4 is 0 Å². The van der Waals surface area contributed by atoms with Gasteiger partial charge >= 0.3 is 0 Å². The summed E-state index contributed by atoms with van der Waals surface area (Å²) in [4.78, 5) is 15.9. The van der Waals surface area contributed by atoms with E-state index < -0.39 is 0 Å². The summed E-state index contributed by atoms with van der Waals surface area (Å²) < 4.78 is 0. The average Bonchev–Trinajstić information content (AvgIpc) is 2.69. The van der Waals surface area contributed by atoms with Crippen LogP contribution in [0.1, 0.15) is 39.9 Å². The van der Waals surface area contributed by atoms with Crippen molar-refractivity contribution in [1.82, 2.24) is 4.90 Å². The number of hydrogen-bond acceptors (Lipinski definition) is 2. The summed E-state index contributed by atoms with van der Waals surface area (Å²) >= 11 is 1.69. The van der Waals surface area contributed by atoms with Crippen LogP contribution in [0.15, 0.2) is 6.07 Å². The third kappa shape index (κ3) is 2.14. The molecule has 1 amide bonds. The van der Waals surface area contributed by atoms with Crippen molar-refractivity contribution < 1.29 is 4.79 Å². The molecule has 1 heterocycles. The minimum Gasteiger partial charge on any atom is -0.344 e.